The predicted octanol–water partition coefficient (Wildman–Crippen LogP) is 2.12. The van der Waals surface area contributed by atoms with Crippen molar-refractivity contribution >= 4 is 12.1 Å². The molecule has 0 aliphatic carbocycles. The zero-order valence-electron chi connectivity index (χ0n) is 13.4. The monoisotopic (exact) mass is 301 g/mol. The Hall–Kier alpha value is -1.30. The molecule has 1 rings (SSSR count). The van der Waals surface area contributed by atoms with E-state index in [-0.39, 0.29) is 17.8 Å². The summed E-state index contributed by atoms with van der Waals surface area (Å²) in [6, 6.07) is 0. The van der Waals surface area contributed by atoms with Gasteiger partial charge in [0.05, 0.1) is 7.11 Å². The number of rotatable bonds is 4. The summed E-state index contributed by atoms with van der Waals surface area (Å²) >= 11 is 0. The van der Waals surface area contributed by atoms with Crippen molar-refractivity contribution in [3.05, 3.63) is 0 Å². The van der Waals surface area contributed by atoms with Gasteiger partial charge in [-0.1, -0.05) is 0 Å². The van der Waals surface area contributed by atoms with Crippen LogP contribution in [0.3, 0.4) is 0 Å². The van der Waals surface area contributed by atoms with Crippen molar-refractivity contribution in [2.75, 3.05) is 26.9 Å². The summed E-state index contributed by atoms with van der Waals surface area (Å²) in [5.74, 6) is 0.137. The van der Waals surface area contributed by atoms with E-state index in [1.54, 1.807) is 0 Å². The van der Waals surface area contributed by atoms with Crippen molar-refractivity contribution < 1.29 is 23.8 Å². The molecule has 0 saturated carbocycles. The van der Waals surface area contributed by atoms with Crippen molar-refractivity contribution in [3.63, 3.8) is 0 Å². The highest BCUT2D eigenvalue weighted by molar-refractivity contribution is 5.69. The third-order valence-electron chi connectivity index (χ3n) is 3.50. The molecule has 21 heavy (non-hydrogen) atoms. The number of ether oxygens (including phenoxy) is 3. The number of hydrogen-bond acceptors (Lipinski definition) is 5. The lowest BCUT2D eigenvalue weighted by Gasteiger charge is -2.25. The Labute approximate surface area is 126 Å². The fourth-order valence-electron chi connectivity index (χ4n) is 2.41. The maximum absolute atomic E-state index is 11.7. The van der Waals surface area contributed by atoms with E-state index in [0.29, 0.717) is 26.2 Å². The Balaban J connectivity index is 2.51. The number of amides is 1. The van der Waals surface area contributed by atoms with Gasteiger partial charge in [-0.3, -0.25) is 4.79 Å². The molecule has 0 aromatic heterocycles. The van der Waals surface area contributed by atoms with Crippen LogP contribution < -0.4 is 5.32 Å². The van der Waals surface area contributed by atoms with E-state index in [1.807, 2.05) is 20.8 Å². The number of carbonyl (C=O) groups excluding carboxylic acids is 2. The van der Waals surface area contributed by atoms with Gasteiger partial charge in [-0.25, -0.2) is 4.79 Å². The number of esters is 1. The molecule has 1 N–H and O–H groups in total. The van der Waals surface area contributed by atoms with Crippen LogP contribution in [0.4, 0.5) is 4.79 Å². The Kier molecular flexibility index (Phi) is 6.95. The first-order valence-corrected chi connectivity index (χ1v) is 7.43. The molecule has 6 nitrogen and oxygen atoms in total. The van der Waals surface area contributed by atoms with Gasteiger partial charge in [0.25, 0.3) is 0 Å². The molecule has 0 aromatic rings. The largest absolute Gasteiger partial charge is 0.469 e. The van der Waals surface area contributed by atoms with Crippen LogP contribution in [0.1, 0.15) is 40.0 Å². The van der Waals surface area contributed by atoms with Gasteiger partial charge >= 0.3 is 12.1 Å². The van der Waals surface area contributed by atoms with Gasteiger partial charge in [0.2, 0.25) is 0 Å². The molecular formula is C15H27NO5. The van der Waals surface area contributed by atoms with Crippen molar-refractivity contribution in [3.8, 4) is 0 Å². The van der Waals surface area contributed by atoms with E-state index in [2.05, 4.69) is 5.32 Å². The van der Waals surface area contributed by atoms with Gasteiger partial charge in [0.1, 0.15) is 5.60 Å². The normalized spacial score (nSPS) is 23.0. The number of carbonyl (C=O) groups is 2. The third-order valence-corrected chi connectivity index (χ3v) is 3.50. The first-order chi connectivity index (χ1) is 9.81. The van der Waals surface area contributed by atoms with E-state index >= 15 is 0 Å². The second kappa shape index (κ2) is 8.22. The molecule has 122 valence electrons. The SMILES string of the molecule is COC(=O)CC1CCOCCC1CNC(=O)OC(C)(C)C. The second-order valence-corrected chi connectivity index (χ2v) is 6.37. The molecule has 1 saturated heterocycles. The smallest absolute Gasteiger partial charge is 0.407 e. The van der Waals surface area contributed by atoms with Gasteiger partial charge in [0.15, 0.2) is 0 Å². The zero-order chi connectivity index (χ0) is 15.9. The highest BCUT2D eigenvalue weighted by Gasteiger charge is 2.27. The Morgan fingerprint density at radius 1 is 1.19 bits per heavy atom. The molecule has 2 atom stereocenters. The van der Waals surface area contributed by atoms with E-state index in [1.165, 1.54) is 7.11 Å². The average molecular weight is 301 g/mol. The van der Waals surface area contributed by atoms with E-state index < -0.39 is 11.7 Å². The maximum Gasteiger partial charge on any atom is 0.407 e. The summed E-state index contributed by atoms with van der Waals surface area (Å²) in [4.78, 5) is 23.2. The predicted molar refractivity (Wildman–Crippen MR) is 77.9 cm³/mol. The standard InChI is InChI=1S/C15H27NO5/c1-15(2,3)21-14(18)16-10-12-6-8-20-7-5-11(12)9-13(17)19-4/h11-12H,5-10H2,1-4H3,(H,16,18). The topological polar surface area (TPSA) is 73.9 Å². The molecule has 0 aromatic carbocycles. The van der Waals surface area contributed by atoms with Crippen molar-refractivity contribution in [1.82, 2.24) is 5.32 Å². The number of alkyl carbamates (subject to hydrolysis) is 1. The van der Waals surface area contributed by atoms with Gasteiger partial charge in [0, 0.05) is 26.2 Å². The highest BCUT2D eigenvalue weighted by Crippen LogP contribution is 2.26. The molecule has 1 heterocycles. The summed E-state index contributed by atoms with van der Waals surface area (Å²) in [6.07, 6.45) is 1.55. The lowest BCUT2D eigenvalue weighted by molar-refractivity contribution is -0.142. The summed E-state index contributed by atoms with van der Waals surface area (Å²) in [7, 11) is 1.39. The third kappa shape index (κ3) is 7.32. The van der Waals surface area contributed by atoms with E-state index in [9.17, 15) is 9.59 Å². The highest BCUT2D eigenvalue weighted by atomic mass is 16.6. The van der Waals surface area contributed by atoms with Gasteiger partial charge in [-0.15, -0.1) is 0 Å². The first kappa shape index (κ1) is 17.8. The molecule has 0 radical (unpaired) electrons. The summed E-state index contributed by atoms with van der Waals surface area (Å²) in [6.45, 7) is 7.26. The first-order valence-electron chi connectivity index (χ1n) is 7.43. The fraction of sp³-hybridized carbons (Fsp3) is 0.867. The Morgan fingerprint density at radius 2 is 1.81 bits per heavy atom. The van der Waals surface area contributed by atoms with Gasteiger partial charge < -0.3 is 19.5 Å². The van der Waals surface area contributed by atoms with Crippen LogP contribution in [0.2, 0.25) is 0 Å². The van der Waals surface area contributed by atoms with E-state index in [0.717, 1.165) is 12.8 Å². The van der Waals surface area contributed by atoms with Crippen molar-refractivity contribution in [2.45, 2.75) is 45.6 Å². The van der Waals surface area contributed by atoms with Crippen molar-refractivity contribution in [1.29, 1.82) is 0 Å². The average Bonchev–Trinajstić information content (AvgIpc) is 2.59. The molecule has 1 aliphatic heterocycles. The second-order valence-electron chi connectivity index (χ2n) is 6.37. The molecule has 2 unspecified atom stereocenters. The van der Waals surface area contributed by atoms with Crippen LogP contribution in [-0.4, -0.2) is 44.5 Å². The lowest BCUT2D eigenvalue weighted by Crippen LogP contribution is -2.37. The van der Waals surface area contributed by atoms with Crippen LogP contribution >= 0.6 is 0 Å². The summed E-state index contributed by atoms with van der Waals surface area (Å²) < 4.78 is 15.4. The Morgan fingerprint density at radius 3 is 2.38 bits per heavy atom. The number of hydrogen-bond donors (Lipinski definition) is 1. The number of methoxy groups -OCH3 is 1. The Bertz CT molecular complexity index is 350. The van der Waals surface area contributed by atoms with Crippen LogP contribution in [0.25, 0.3) is 0 Å². The van der Waals surface area contributed by atoms with Gasteiger partial charge in [-0.2, -0.15) is 0 Å². The van der Waals surface area contributed by atoms with Crippen molar-refractivity contribution in [2.24, 2.45) is 11.8 Å². The minimum atomic E-state index is -0.512. The molecule has 1 aliphatic rings. The molecule has 6 heteroatoms. The van der Waals surface area contributed by atoms with Crippen LogP contribution in [-0.2, 0) is 19.0 Å². The summed E-state index contributed by atoms with van der Waals surface area (Å²) in [5.41, 5.74) is -0.512. The molecule has 0 spiro atoms. The van der Waals surface area contributed by atoms with E-state index in [4.69, 9.17) is 14.2 Å². The quantitative estimate of drug-likeness (QED) is 0.805. The molecular weight excluding hydrogens is 274 g/mol. The van der Waals surface area contributed by atoms with Crippen LogP contribution in [0.15, 0.2) is 0 Å². The minimum Gasteiger partial charge on any atom is -0.469 e. The molecule has 0 bridgehead atoms. The zero-order valence-corrected chi connectivity index (χ0v) is 13.4. The molecule has 1 fully saturated rings. The molecule has 1 amide bonds. The minimum absolute atomic E-state index is 0.162. The lowest BCUT2D eigenvalue weighted by atomic mass is 9.85. The summed E-state index contributed by atoms with van der Waals surface area (Å²) in [5, 5.41) is 2.79. The fourth-order valence-corrected chi connectivity index (χ4v) is 2.41. The van der Waals surface area contributed by atoms with Gasteiger partial charge in [-0.05, 0) is 45.4 Å². The maximum atomic E-state index is 11.7. The number of nitrogens with one attached hydrogen (secondary N) is 1. The van der Waals surface area contributed by atoms with Crippen LogP contribution in [0.5, 0.6) is 0 Å². The van der Waals surface area contributed by atoms with Crippen LogP contribution in [0, 0.1) is 11.8 Å².